The van der Waals surface area contributed by atoms with E-state index in [1.54, 1.807) is 7.11 Å². The molecule has 5 nitrogen and oxygen atoms in total. The molecule has 1 heterocycles. The number of aromatic nitrogens is 2. The summed E-state index contributed by atoms with van der Waals surface area (Å²) < 4.78 is 10.5. The fourth-order valence-corrected chi connectivity index (χ4v) is 2.14. The lowest BCUT2D eigenvalue weighted by molar-refractivity contribution is 0.409. The minimum atomic E-state index is 0.390. The molecule has 0 aliphatic carbocycles. The van der Waals surface area contributed by atoms with Gasteiger partial charge in [0, 0.05) is 17.7 Å². The molecule has 0 aliphatic heterocycles. The highest BCUT2D eigenvalue weighted by atomic mass is 16.5. The van der Waals surface area contributed by atoms with E-state index >= 15 is 0 Å². The van der Waals surface area contributed by atoms with Crippen LogP contribution in [0.3, 0.4) is 0 Å². The number of hydrogen-bond donors (Lipinski definition) is 1. The van der Waals surface area contributed by atoms with E-state index in [0.717, 1.165) is 16.9 Å². The van der Waals surface area contributed by atoms with Crippen LogP contribution in [0.2, 0.25) is 0 Å². The lowest BCUT2D eigenvalue weighted by Crippen LogP contribution is -2.01. The van der Waals surface area contributed by atoms with Crippen molar-refractivity contribution < 1.29 is 9.26 Å². The first-order chi connectivity index (χ1) is 10.8. The van der Waals surface area contributed by atoms with Gasteiger partial charge in [-0.3, -0.25) is 0 Å². The Balaban J connectivity index is 1.71. The Morgan fingerprint density at radius 3 is 2.64 bits per heavy atom. The second-order valence-electron chi connectivity index (χ2n) is 4.95. The van der Waals surface area contributed by atoms with E-state index in [1.807, 2.05) is 55.5 Å². The minimum Gasteiger partial charge on any atom is -0.496 e. The third kappa shape index (κ3) is 3.09. The largest absolute Gasteiger partial charge is 0.496 e. The molecular formula is C17H17N3O2. The zero-order chi connectivity index (χ0) is 15.4. The summed E-state index contributed by atoms with van der Waals surface area (Å²) in [6.45, 7) is 2.60. The fourth-order valence-electron chi connectivity index (χ4n) is 2.14. The molecule has 0 amide bonds. The Labute approximate surface area is 128 Å². The molecule has 112 valence electrons. The van der Waals surface area contributed by atoms with E-state index < -0.39 is 0 Å². The van der Waals surface area contributed by atoms with E-state index in [4.69, 9.17) is 9.26 Å². The summed E-state index contributed by atoms with van der Waals surface area (Å²) in [7, 11) is 1.65. The molecule has 2 aromatic carbocycles. The lowest BCUT2D eigenvalue weighted by atomic mass is 10.1. The summed E-state index contributed by atoms with van der Waals surface area (Å²) >= 11 is 0. The highest BCUT2D eigenvalue weighted by molar-refractivity contribution is 5.55. The standard InChI is InChI=1S/C17H17N3O2/c1-12-7-9-13(10-8-12)16-19-17(22-20-16)18-11-14-5-3-4-6-15(14)21-2/h3-10H,11H2,1-2H3,(H,18,19,20). The van der Waals surface area contributed by atoms with Gasteiger partial charge in [-0.05, 0) is 13.0 Å². The van der Waals surface area contributed by atoms with E-state index in [-0.39, 0.29) is 0 Å². The van der Waals surface area contributed by atoms with Gasteiger partial charge < -0.3 is 14.6 Å². The number of nitrogens with one attached hydrogen (secondary N) is 1. The highest BCUT2D eigenvalue weighted by Crippen LogP contribution is 2.21. The van der Waals surface area contributed by atoms with E-state index in [0.29, 0.717) is 18.4 Å². The summed E-state index contributed by atoms with van der Waals surface area (Å²) in [5.41, 5.74) is 3.15. The first-order valence-electron chi connectivity index (χ1n) is 7.03. The first kappa shape index (κ1) is 14.1. The third-order valence-electron chi connectivity index (χ3n) is 3.36. The summed E-state index contributed by atoms with van der Waals surface area (Å²) in [6.07, 6.45) is 0. The van der Waals surface area contributed by atoms with Crippen molar-refractivity contribution in [1.29, 1.82) is 0 Å². The monoisotopic (exact) mass is 295 g/mol. The van der Waals surface area contributed by atoms with Crippen LogP contribution in [-0.4, -0.2) is 17.3 Å². The maximum absolute atomic E-state index is 5.31. The number of para-hydroxylation sites is 1. The van der Waals surface area contributed by atoms with Crippen LogP contribution >= 0.6 is 0 Å². The summed E-state index contributed by atoms with van der Waals surface area (Å²) in [6, 6.07) is 16.2. The molecule has 22 heavy (non-hydrogen) atoms. The maximum Gasteiger partial charge on any atom is 0.322 e. The summed E-state index contributed by atoms with van der Waals surface area (Å²) in [5, 5.41) is 7.11. The van der Waals surface area contributed by atoms with Crippen molar-refractivity contribution in [2.24, 2.45) is 0 Å². The van der Waals surface area contributed by atoms with Crippen LogP contribution in [0, 0.1) is 6.92 Å². The van der Waals surface area contributed by atoms with Gasteiger partial charge in [0.2, 0.25) is 5.82 Å². The molecule has 0 bridgehead atoms. The number of aryl methyl sites for hydroxylation is 1. The Kier molecular flexibility index (Phi) is 4.05. The number of methoxy groups -OCH3 is 1. The molecule has 0 aliphatic rings. The van der Waals surface area contributed by atoms with Gasteiger partial charge in [0.25, 0.3) is 0 Å². The maximum atomic E-state index is 5.31. The molecular weight excluding hydrogens is 278 g/mol. The van der Waals surface area contributed by atoms with Crippen molar-refractivity contribution in [3.8, 4) is 17.1 Å². The van der Waals surface area contributed by atoms with Gasteiger partial charge in [-0.25, -0.2) is 0 Å². The highest BCUT2D eigenvalue weighted by Gasteiger charge is 2.09. The molecule has 0 atom stereocenters. The van der Waals surface area contributed by atoms with Crippen LogP contribution in [0.4, 0.5) is 6.01 Å². The number of benzene rings is 2. The molecule has 0 spiro atoms. The average Bonchev–Trinajstić information content (AvgIpc) is 3.03. The van der Waals surface area contributed by atoms with Crippen molar-refractivity contribution in [2.75, 3.05) is 12.4 Å². The van der Waals surface area contributed by atoms with Crippen LogP contribution in [0.25, 0.3) is 11.4 Å². The van der Waals surface area contributed by atoms with Crippen LogP contribution in [0.5, 0.6) is 5.75 Å². The van der Waals surface area contributed by atoms with Crippen molar-refractivity contribution in [3.05, 3.63) is 59.7 Å². The molecule has 1 N–H and O–H groups in total. The Bertz CT molecular complexity index is 751. The molecule has 5 heteroatoms. The number of nitrogens with zero attached hydrogens (tertiary/aromatic N) is 2. The number of ether oxygens (including phenoxy) is 1. The minimum absolute atomic E-state index is 0.390. The van der Waals surface area contributed by atoms with Crippen molar-refractivity contribution in [3.63, 3.8) is 0 Å². The van der Waals surface area contributed by atoms with Crippen molar-refractivity contribution >= 4 is 6.01 Å². The Hall–Kier alpha value is -2.82. The van der Waals surface area contributed by atoms with Crippen LogP contribution in [0.15, 0.2) is 53.1 Å². The zero-order valence-electron chi connectivity index (χ0n) is 12.5. The second-order valence-corrected chi connectivity index (χ2v) is 4.95. The van der Waals surface area contributed by atoms with Gasteiger partial charge in [0.05, 0.1) is 7.11 Å². The fraction of sp³-hybridized carbons (Fsp3) is 0.176. The Morgan fingerprint density at radius 2 is 1.86 bits per heavy atom. The van der Waals surface area contributed by atoms with Gasteiger partial charge in [0.15, 0.2) is 0 Å². The van der Waals surface area contributed by atoms with Crippen LogP contribution in [0.1, 0.15) is 11.1 Å². The lowest BCUT2D eigenvalue weighted by Gasteiger charge is -2.07. The molecule has 0 saturated heterocycles. The molecule has 3 aromatic rings. The van der Waals surface area contributed by atoms with Gasteiger partial charge in [0.1, 0.15) is 5.75 Å². The number of anilines is 1. The predicted octanol–water partition coefficient (Wildman–Crippen LogP) is 3.67. The third-order valence-corrected chi connectivity index (χ3v) is 3.36. The quantitative estimate of drug-likeness (QED) is 0.778. The zero-order valence-corrected chi connectivity index (χ0v) is 12.5. The summed E-state index contributed by atoms with van der Waals surface area (Å²) in [5.74, 6) is 1.40. The second kappa shape index (κ2) is 6.30. The smallest absolute Gasteiger partial charge is 0.322 e. The normalized spacial score (nSPS) is 10.5. The Morgan fingerprint density at radius 1 is 1.09 bits per heavy atom. The molecule has 0 fully saturated rings. The van der Waals surface area contributed by atoms with E-state index in [1.165, 1.54) is 5.56 Å². The molecule has 0 saturated carbocycles. The van der Waals surface area contributed by atoms with Gasteiger partial charge >= 0.3 is 6.01 Å². The average molecular weight is 295 g/mol. The van der Waals surface area contributed by atoms with Gasteiger partial charge in [-0.15, -0.1) is 0 Å². The SMILES string of the molecule is COc1ccccc1CNc1nc(-c2ccc(C)cc2)no1. The van der Waals surface area contributed by atoms with Gasteiger partial charge in [-0.1, -0.05) is 53.2 Å². The number of hydrogen-bond acceptors (Lipinski definition) is 5. The summed E-state index contributed by atoms with van der Waals surface area (Å²) in [4.78, 5) is 4.35. The molecule has 3 rings (SSSR count). The van der Waals surface area contributed by atoms with Crippen molar-refractivity contribution in [1.82, 2.24) is 10.1 Å². The predicted molar refractivity (Wildman–Crippen MR) is 84.8 cm³/mol. The van der Waals surface area contributed by atoms with Crippen LogP contribution < -0.4 is 10.1 Å². The first-order valence-corrected chi connectivity index (χ1v) is 7.03. The number of rotatable bonds is 5. The molecule has 0 unspecified atom stereocenters. The van der Waals surface area contributed by atoms with Crippen LogP contribution in [-0.2, 0) is 6.54 Å². The van der Waals surface area contributed by atoms with E-state index in [9.17, 15) is 0 Å². The topological polar surface area (TPSA) is 60.2 Å². The molecule has 0 radical (unpaired) electrons. The van der Waals surface area contributed by atoms with Crippen molar-refractivity contribution in [2.45, 2.75) is 13.5 Å². The van der Waals surface area contributed by atoms with E-state index in [2.05, 4.69) is 15.5 Å². The molecule has 1 aromatic heterocycles. The van der Waals surface area contributed by atoms with Gasteiger partial charge in [-0.2, -0.15) is 4.98 Å².